The first-order chi connectivity index (χ1) is 14.6. The van der Waals surface area contributed by atoms with Crippen molar-refractivity contribution >= 4 is 34.6 Å². The van der Waals surface area contributed by atoms with Gasteiger partial charge < -0.3 is 19.4 Å². The molecule has 2 fully saturated rings. The van der Waals surface area contributed by atoms with Gasteiger partial charge in [0.2, 0.25) is 5.91 Å². The number of aromatic nitrogens is 2. The van der Waals surface area contributed by atoms with Crippen molar-refractivity contribution in [2.45, 2.75) is 31.8 Å². The van der Waals surface area contributed by atoms with Gasteiger partial charge in [0.05, 0.1) is 17.2 Å². The molecule has 2 aliphatic rings. The minimum absolute atomic E-state index is 0.0501. The fourth-order valence-electron chi connectivity index (χ4n) is 3.85. The van der Waals surface area contributed by atoms with Crippen molar-refractivity contribution in [3.63, 3.8) is 0 Å². The largest absolute Gasteiger partial charge is 0.381 e. The Hall–Kier alpha value is -2.71. The summed E-state index contributed by atoms with van der Waals surface area (Å²) >= 11 is 1.48. The average molecular weight is 425 g/mol. The van der Waals surface area contributed by atoms with Crippen LogP contribution < -0.4 is 5.32 Å². The van der Waals surface area contributed by atoms with Crippen LogP contribution in [0.4, 0.5) is 5.82 Å². The monoisotopic (exact) mass is 424 g/mol. The number of nitrogens with one attached hydrogen (secondary N) is 1. The fourth-order valence-corrected chi connectivity index (χ4v) is 4.73. The van der Waals surface area contributed by atoms with Crippen LogP contribution in [0, 0.1) is 5.92 Å². The average Bonchev–Trinajstić information content (AvgIpc) is 3.37. The van der Waals surface area contributed by atoms with Crippen molar-refractivity contribution in [2.75, 3.05) is 25.5 Å². The minimum atomic E-state index is 0.0501. The van der Waals surface area contributed by atoms with Crippen LogP contribution in [-0.4, -0.2) is 52.4 Å². The lowest BCUT2D eigenvalue weighted by molar-refractivity contribution is -0.117. The molecule has 1 saturated heterocycles. The van der Waals surface area contributed by atoms with Crippen LogP contribution in [-0.2, 0) is 9.53 Å². The van der Waals surface area contributed by atoms with E-state index in [0.717, 1.165) is 60.4 Å². The number of anilines is 1. The van der Waals surface area contributed by atoms with Crippen LogP contribution in [0.3, 0.4) is 0 Å². The number of fused-ring (bicyclic) bond motifs is 1. The molecule has 3 aromatic rings. The highest BCUT2D eigenvalue weighted by Crippen LogP contribution is 2.31. The number of carbonyl (C=O) groups is 2. The zero-order valence-corrected chi connectivity index (χ0v) is 17.7. The highest BCUT2D eigenvalue weighted by molar-refractivity contribution is 7.12. The number of nitrogens with zero attached hydrogens (tertiary/aromatic N) is 3. The lowest BCUT2D eigenvalue weighted by Crippen LogP contribution is -2.40. The second kappa shape index (κ2) is 7.85. The second-order valence-electron chi connectivity index (χ2n) is 8.00. The third-order valence-electron chi connectivity index (χ3n) is 5.86. The summed E-state index contributed by atoms with van der Waals surface area (Å²) < 4.78 is 7.30. The van der Waals surface area contributed by atoms with Gasteiger partial charge in [-0.1, -0.05) is 0 Å². The molecule has 0 unspecified atom stereocenters. The van der Waals surface area contributed by atoms with E-state index < -0.39 is 0 Å². The summed E-state index contributed by atoms with van der Waals surface area (Å²) in [5.74, 6) is 0.862. The summed E-state index contributed by atoms with van der Waals surface area (Å²) in [7, 11) is 1.73. The molecule has 3 aromatic heterocycles. The van der Waals surface area contributed by atoms with Crippen LogP contribution in [0.15, 0.2) is 36.0 Å². The van der Waals surface area contributed by atoms with Crippen LogP contribution in [0.25, 0.3) is 16.8 Å². The third kappa shape index (κ3) is 3.85. The van der Waals surface area contributed by atoms with Crippen molar-refractivity contribution in [3.8, 4) is 11.1 Å². The van der Waals surface area contributed by atoms with E-state index in [4.69, 9.17) is 4.74 Å². The first kappa shape index (κ1) is 19.3. The number of likely N-dealkylation sites (tertiary alicyclic amines) is 1. The summed E-state index contributed by atoms with van der Waals surface area (Å²) in [6.45, 7) is 1.47. The number of rotatable bonds is 5. The molecule has 5 rings (SSSR count). The topological polar surface area (TPSA) is 75.9 Å². The normalized spacial score (nSPS) is 17.4. The molecule has 1 aliphatic carbocycles. The van der Waals surface area contributed by atoms with Crippen LogP contribution in [0.1, 0.15) is 35.4 Å². The predicted molar refractivity (Wildman–Crippen MR) is 116 cm³/mol. The molecular weight excluding hydrogens is 400 g/mol. The Bertz CT molecular complexity index is 1090. The van der Waals surface area contributed by atoms with Crippen molar-refractivity contribution in [3.05, 3.63) is 40.8 Å². The molecule has 0 radical (unpaired) electrons. The predicted octanol–water partition coefficient (Wildman–Crippen LogP) is 3.66. The van der Waals surface area contributed by atoms with Gasteiger partial charge in [-0.25, -0.2) is 4.98 Å². The van der Waals surface area contributed by atoms with E-state index in [2.05, 4.69) is 10.3 Å². The Morgan fingerprint density at radius 1 is 1.13 bits per heavy atom. The molecule has 0 spiro atoms. The Morgan fingerprint density at radius 2 is 1.93 bits per heavy atom. The molecule has 156 valence electrons. The lowest BCUT2D eigenvalue weighted by atomic mass is 10.1. The summed E-state index contributed by atoms with van der Waals surface area (Å²) in [4.78, 5) is 32.0. The number of hydrogen-bond acceptors (Lipinski definition) is 5. The Morgan fingerprint density at radius 3 is 2.67 bits per heavy atom. The lowest BCUT2D eigenvalue weighted by Gasteiger charge is -2.30. The van der Waals surface area contributed by atoms with Gasteiger partial charge in [-0.05, 0) is 60.4 Å². The SMILES string of the molecule is COC1CCN(C(=O)c2cc(-c3ccc4nc(NC(=O)C5CC5)cn4c3)cs2)CC1. The van der Waals surface area contributed by atoms with Crippen LogP contribution in [0.2, 0.25) is 0 Å². The van der Waals surface area contributed by atoms with Crippen molar-refractivity contribution in [1.82, 2.24) is 14.3 Å². The van der Waals surface area contributed by atoms with Crippen molar-refractivity contribution in [2.24, 2.45) is 5.92 Å². The maximum absolute atomic E-state index is 12.9. The number of hydrogen-bond donors (Lipinski definition) is 1. The molecule has 0 aromatic carbocycles. The smallest absolute Gasteiger partial charge is 0.263 e. The van der Waals surface area contributed by atoms with E-state index in [0.29, 0.717) is 5.82 Å². The van der Waals surface area contributed by atoms with Crippen molar-refractivity contribution in [1.29, 1.82) is 0 Å². The van der Waals surface area contributed by atoms with Gasteiger partial charge >= 0.3 is 0 Å². The molecule has 8 heteroatoms. The summed E-state index contributed by atoms with van der Waals surface area (Å²) in [5, 5.41) is 4.90. The van der Waals surface area contributed by atoms with Gasteiger partial charge in [0.1, 0.15) is 5.65 Å². The maximum Gasteiger partial charge on any atom is 0.263 e. The molecule has 1 aliphatic heterocycles. The van der Waals surface area contributed by atoms with Gasteiger partial charge in [-0.2, -0.15) is 0 Å². The third-order valence-corrected chi connectivity index (χ3v) is 6.77. The second-order valence-corrected chi connectivity index (χ2v) is 8.91. The standard InChI is InChI=1S/C22H24N4O3S/c1-29-17-6-8-25(9-7-17)22(28)18-10-16(13-30-18)15-4-5-20-23-19(12-26(20)11-15)24-21(27)14-2-3-14/h4-5,10-14,17H,2-3,6-9H2,1H3,(H,24,27). The molecule has 1 saturated carbocycles. The number of pyridine rings is 1. The molecule has 0 atom stereocenters. The van der Waals surface area contributed by atoms with Gasteiger partial charge in [-0.3, -0.25) is 9.59 Å². The van der Waals surface area contributed by atoms with E-state index in [1.165, 1.54) is 11.3 Å². The van der Waals surface area contributed by atoms with E-state index in [-0.39, 0.29) is 23.8 Å². The van der Waals surface area contributed by atoms with Gasteiger partial charge in [0.25, 0.3) is 5.91 Å². The Balaban J connectivity index is 1.31. The molecule has 2 amide bonds. The van der Waals surface area contributed by atoms with Gasteiger partial charge in [0.15, 0.2) is 5.82 Å². The van der Waals surface area contributed by atoms with Crippen LogP contribution >= 0.6 is 11.3 Å². The molecule has 0 bridgehead atoms. The van der Waals surface area contributed by atoms with E-state index in [1.807, 2.05) is 45.3 Å². The van der Waals surface area contributed by atoms with Crippen LogP contribution in [0.5, 0.6) is 0 Å². The van der Waals surface area contributed by atoms with E-state index in [9.17, 15) is 9.59 Å². The quantitative estimate of drug-likeness (QED) is 0.678. The molecule has 30 heavy (non-hydrogen) atoms. The molecular formula is C22H24N4O3S. The summed E-state index contributed by atoms with van der Waals surface area (Å²) in [6, 6.07) is 5.88. The molecule has 1 N–H and O–H groups in total. The van der Waals surface area contributed by atoms with E-state index in [1.54, 1.807) is 7.11 Å². The number of imidazole rings is 1. The maximum atomic E-state index is 12.9. The number of amides is 2. The zero-order valence-electron chi connectivity index (χ0n) is 16.8. The summed E-state index contributed by atoms with van der Waals surface area (Å²) in [6.07, 6.45) is 7.77. The number of ether oxygens (including phenoxy) is 1. The van der Waals surface area contributed by atoms with Crippen molar-refractivity contribution < 1.29 is 14.3 Å². The number of thiophene rings is 1. The number of carbonyl (C=O) groups excluding carboxylic acids is 2. The highest BCUT2D eigenvalue weighted by Gasteiger charge is 2.30. The highest BCUT2D eigenvalue weighted by atomic mass is 32.1. The molecule has 4 heterocycles. The number of methoxy groups -OCH3 is 1. The number of piperidine rings is 1. The van der Waals surface area contributed by atoms with Gasteiger partial charge in [-0.15, -0.1) is 11.3 Å². The summed E-state index contributed by atoms with van der Waals surface area (Å²) in [5.41, 5.74) is 2.79. The first-order valence-electron chi connectivity index (χ1n) is 10.3. The first-order valence-corrected chi connectivity index (χ1v) is 11.2. The Labute approximate surface area is 178 Å². The minimum Gasteiger partial charge on any atom is -0.381 e. The fraction of sp³-hybridized carbons (Fsp3) is 0.409. The molecule has 7 nitrogen and oxygen atoms in total. The van der Waals surface area contributed by atoms with Gasteiger partial charge in [0, 0.05) is 32.3 Å². The van der Waals surface area contributed by atoms with E-state index >= 15 is 0 Å². The zero-order chi connectivity index (χ0) is 20.7. The Kier molecular flexibility index (Phi) is 5.04.